The Morgan fingerprint density at radius 1 is 0.375 bits per heavy atom. The average molecular weight is 366 g/mol. The molecule has 0 saturated carbocycles. The first-order valence-electron chi connectivity index (χ1n) is 5.48. The van der Waals surface area contributed by atoms with Crippen molar-refractivity contribution in [2.75, 3.05) is 0 Å². The van der Waals surface area contributed by atoms with Crippen molar-refractivity contribution in [3.05, 3.63) is 46.5 Å². The average Bonchev–Trinajstić information content (AvgIpc) is 2.57. The lowest BCUT2D eigenvalue weighted by atomic mass is 10.0. The lowest BCUT2D eigenvalue weighted by Crippen LogP contribution is -2.08. The van der Waals surface area contributed by atoms with Crippen LogP contribution in [0.2, 0.25) is 0 Å². The van der Waals surface area contributed by atoms with Crippen molar-refractivity contribution in [1.82, 2.24) is 0 Å². The summed E-state index contributed by atoms with van der Waals surface area (Å²) in [6, 6.07) is 0. The highest BCUT2D eigenvalue weighted by Crippen LogP contribution is 2.46. The highest BCUT2D eigenvalue weighted by atomic mass is 19.3. The van der Waals surface area contributed by atoms with E-state index in [0.29, 0.717) is 0 Å². The summed E-state index contributed by atoms with van der Waals surface area (Å²) < 4.78 is 131. The second-order valence-electron chi connectivity index (χ2n) is 4.07. The van der Waals surface area contributed by atoms with Gasteiger partial charge in [0, 0.05) is 9.05 Å². The van der Waals surface area contributed by atoms with Gasteiger partial charge in [0.15, 0.2) is 34.9 Å². The van der Waals surface area contributed by atoms with Gasteiger partial charge in [0.05, 0.1) is 11.1 Å². The molecule has 2 aromatic rings. The quantitative estimate of drug-likeness (QED) is 0.433. The van der Waals surface area contributed by atoms with E-state index < -0.39 is 69.2 Å². The molecule has 0 fully saturated rings. The molecular formula is C12F10O2. The van der Waals surface area contributed by atoms with Crippen LogP contribution in [-0.2, 0) is 0 Å². The molecule has 0 N–H and O–H groups in total. The Morgan fingerprint density at radius 3 is 1.12 bits per heavy atom. The van der Waals surface area contributed by atoms with Crippen LogP contribution in [0.4, 0.5) is 44.2 Å². The molecule has 24 heavy (non-hydrogen) atoms. The summed E-state index contributed by atoms with van der Waals surface area (Å²) in [4.78, 5) is 5.45. The smallest absolute Gasteiger partial charge is 0.257 e. The number of rotatable bonds is 3. The Balaban J connectivity index is 3.07. The summed E-state index contributed by atoms with van der Waals surface area (Å²) in [6.45, 7) is 0. The summed E-state index contributed by atoms with van der Waals surface area (Å²) in [5.74, 6) is -25.4. The Morgan fingerprint density at radius 2 is 0.708 bits per heavy atom. The third-order valence-corrected chi connectivity index (χ3v) is 2.85. The zero-order chi connectivity index (χ0) is 18.3. The molecule has 130 valence electrons. The fourth-order valence-corrected chi connectivity index (χ4v) is 1.81. The van der Waals surface area contributed by atoms with E-state index in [4.69, 9.17) is 0 Å². The van der Waals surface area contributed by atoms with Crippen molar-refractivity contribution >= 4 is 0 Å². The molecule has 0 aromatic heterocycles. The standard InChI is InChI=1S/C12F10O2/c13-3-1(4(14)7(17)9(19)6(3)16)2-5(15)8(18)10(20)12(24-22)11(2)23-21. The molecule has 0 aliphatic heterocycles. The first-order chi connectivity index (χ1) is 11.2. The number of benzene rings is 2. The van der Waals surface area contributed by atoms with Crippen molar-refractivity contribution in [2.45, 2.75) is 0 Å². The van der Waals surface area contributed by atoms with Gasteiger partial charge in [-0.05, 0) is 0 Å². The molecule has 0 aliphatic carbocycles. The summed E-state index contributed by atoms with van der Waals surface area (Å²) in [6.07, 6.45) is 0. The first-order valence-corrected chi connectivity index (χ1v) is 5.48. The maximum Gasteiger partial charge on any atom is 0.257 e. The van der Waals surface area contributed by atoms with Crippen molar-refractivity contribution in [1.29, 1.82) is 0 Å². The summed E-state index contributed by atoms with van der Waals surface area (Å²) in [5, 5.41) is 0. The van der Waals surface area contributed by atoms with Crippen LogP contribution < -0.4 is 9.88 Å². The summed E-state index contributed by atoms with van der Waals surface area (Å²) >= 11 is 0. The van der Waals surface area contributed by atoms with Crippen LogP contribution in [0.15, 0.2) is 0 Å². The highest BCUT2D eigenvalue weighted by Gasteiger charge is 2.36. The molecule has 2 nitrogen and oxygen atoms in total. The number of hydrogen-bond acceptors (Lipinski definition) is 2. The van der Waals surface area contributed by atoms with Gasteiger partial charge in [-0.3, -0.25) is 9.88 Å². The molecule has 0 heterocycles. The van der Waals surface area contributed by atoms with Crippen LogP contribution in [0.25, 0.3) is 11.1 Å². The van der Waals surface area contributed by atoms with Gasteiger partial charge in [-0.1, -0.05) is 0 Å². The molecule has 2 aromatic carbocycles. The Kier molecular flexibility index (Phi) is 4.49. The molecule has 2 rings (SSSR count). The van der Waals surface area contributed by atoms with Crippen molar-refractivity contribution in [3.8, 4) is 22.6 Å². The Hall–Kier alpha value is -2.66. The van der Waals surface area contributed by atoms with E-state index in [0.717, 1.165) is 0 Å². The second-order valence-corrected chi connectivity index (χ2v) is 4.07. The van der Waals surface area contributed by atoms with Crippen LogP contribution in [0, 0.1) is 46.5 Å². The fourth-order valence-electron chi connectivity index (χ4n) is 1.81. The van der Waals surface area contributed by atoms with E-state index in [9.17, 15) is 44.2 Å². The van der Waals surface area contributed by atoms with Crippen LogP contribution in [-0.4, -0.2) is 0 Å². The van der Waals surface area contributed by atoms with Crippen LogP contribution in [0.3, 0.4) is 0 Å². The molecule has 0 unspecified atom stereocenters. The maximum atomic E-state index is 13.7. The van der Waals surface area contributed by atoms with E-state index in [1.807, 2.05) is 0 Å². The van der Waals surface area contributed by atoms with E-state index in [-0.39, 0.29) is 0 Å². The third-order valence-electron chi connectivity index (χ3n) is 2.85. The van der Waals surface area contributed by atoms with E-state index in [1.54, 1.807) is 0 Å². The number of hydrogen-bond donors (Lipinski definition) is 0. The molecule has 0 bridgehead atoms. The van der Waals surface area contributed by atoms with Gasteiger partial charge in [0.1, 0.15) is 0 Å². The van der Waals surface area contributed by atoms with E-state index in [2.05, 4.69) is 9.88 Å². The van der Waals surface area contributed by atoms with Crippen molar-refractivity contribution in [3.63, 3.8) is 0 Å². The predicted molar refractivity (Wildman–Crippen MR) is 55.0 cm³/mol. The Bertz CT molecular complexity index is 807. The van der Waals surface area contributed by atoms with Crippen molar-refractivity contribution in [2.24, 2.45) is 0 Å². The third kappa shape index (κ3) is 2.29. The van der Waals surface area contributed by atoms with Crippen molar-refractivity contribution < 1.29 is 54.1 Å². The van der Waals surface area contributed by atoms with Crippen LogP contribution in [0.5, 0.6) is 11.5 Å². The van der Waals surface area contributed by atoms with Gasteiger partial charge in [0.25, 0.3) is 5.75 Å². The zero-order valence-corrected chi connectivity index (χ0v) is 10.6. The minimum Gasteiger partial charge on any atom is -0.289 e. The minimum absolute atomic E-state index is 2.13. The molecule has 0 aliphatic rings. The monoisotopic (exact) mass is 366 g/mol. The highest BCUT2D eigenvalue weighted by molar-refractivity contribution is 5.76. The van der Waals surface area contributed by atoms with Gasteiger partial charge in [0.2, 0.25) is 17.4 Å². The maximum absolute atomic E-state index is 13.7. The summed E-state index contributed by atoms with van der Waals surface area (Å²) in [5.41, 5.74) is -4.36. The van der Waals surface area contributed by atoms with Gasteiger partial charge >= 0.3 is 0 Å². The lowest BCUT2D eigenvalue weighted by molar-refractivity contribution is -0.0424. The zero-order valence-electron chi connectivity index (χ0n) is 10.6. The number of halogens is 10. The molecule has 0 spiro atoms. The lowest BCUT2D eigenvalue weighted by Gasteiger charge is -2.13. The first kappa shape index (κ1) is 17.7. The SMILES string of the molecule is FOc1c(F)c(F)c(F)c(-c2c(F)c(F)c(F)c(F)c2F)c1OF. The molecule has 0 radical (unpaired) electrons. The van der Waals surface area contributed by atoms with Gasteiger partial charge in [-0.2, -0.15) is 4.39 Å². The predicted octanol–water partition coefficient (Wildman–Crippen LogP) is 4.99. The van der Waals surface area contributed by atoms with Gasteiger partial charge in [-0.15, -0.1) is 0 Å². The molecule has 0 saturated heterocycles. The largest absolute Gasteiger partial charge is 0.289 e. The summed E-state index contributed by atoms with van der Waals surface area (Å²) in [7, 11) is 0. The Labute approximate surface area is 124 Å². The molecule has 0 amide bonds. The van der Waals surface area contributed by atoms with Crippen LogP contribution >= 0.6 is 0 Å². The topological polar surface area (TPSA) is 18.5 Å². The second kappa shape index (κ2) is 6.09. The van der Waals surface area contributed by atoms with Gasteiger partial charge < -0.3 is 0 Å². The fraction of sp³-hybridized carbons (Fsp3) is 0. The normalized spacial score (nSPS) is 10.9. The molecular weight excluding hydrogens is 366 g/mol. The van der Waals surface area contributed by atoms with Crippen LogP contribution in [0.1, 0.15) is 0 Å². The van der Waals surface area contributed by atoms with E-state index >= 15 is 0 Å². The minimum atomic E-state index is -2.69. The van der Waals surface area contributed by atoms with Gasteiger partial charge in [-0.25, -0.2) is 30.7 Å². The molecule has 12 heteroatoms. The van der Waals surface area contributed by atoms with E-state index in [1.165, 1.54) is 0 Å². The molecule has 0 atom stereocenters.